The molecule has 5 nitrogen and oxygen atoms in total. The van der Waals surface area contributed by atoms with E-state index in [9.17, 15) is 14.7 Å². The summed E-state index contributed by atoms with van der Waals surface area (Å²) in [6.07, 6.45) is 1.61. The molecule has 0 saturated heterocycles. The summed E-state index contributed by atoms with van der Waals surface area (Å²) >= 11 is 0. The Labute approximate surface area is 118 Å². The Kier molecular flexibility index (Phi) is 3.97. The van der Waals surface area contributed by atoms with Crippen molar-refractivity contribution in [1.29, 1.82) is 0 Å². The third kappa shape index (κ3) is 2.48. The van der Waals surface area contributed by atoms with Crippen molar-refractivity contribution in [3.05, 3.63) is 29.3 Å². The lowest BCUT2D eigenvalue weighted by Crippen LogP contribution is -2.53. The van der Waals surface area contributed by atoms with Crippen LogP contribution in [0.25, 0.3) is 0 Å². The number of carboxylic acids is 1. The van der Waals surface area contributed by atoms with Crippen LogP contribution in [0.3, 0.4) is 0 Å². The summed E-state index contributed by atoms with van der Waals surface area (Å²) in [5, 5.41) is 15.3. The van der Waals surface area contributed by atoms with E-state index >= 15 is 0 Å². The molecule has 3 N–H and O–H groups in total. The molecule has 0 aliphatic carbocycles. The first-order valence-corrected chi connectivity index (χ1v) is 6.95. The molecular weight excluding hydrogens is 256 g/mol. The molecule has 0 aromatic heterocycles. The lowest BCUT2D eigenvalue weighted by molar-refractivity contribution is -0.144. The second-order valence-electron chi connectivity index (χ2n) is 5.10. The van der Waals surface area contributed by atoms with E-state index < -0.39 is 11.5 Å². The maximum atomic E-state index is 12.3. The van der Waals surface area contributed by atoms with Crippen LogP contribution in [0.4, 0.5) is 5.69 Å². The Hall–Kier alpha value is -2.04. The highest BCUT2D eigenvalue weighted by Gasteiger charge is 2.36. The number of carboxylic acid groups (broad SMARTS) is 1. The largest absolute Gasteiger partial charge is 0.480 e. The highest BCUT2D eigenvalue weighted by Crippen LogP contribution is 2.24. The van der Waals surface area contributed by atoms with Gasteiger partial charge < -0.3 is 15.7 Å². The number of anilines is 1. The van der Waals surface area contributed by atoms with Crippen LogP contribution in [0.15, 0.2) is 18.2 Å². The molecule has 0 unspecified atom stereocenters. The van der Waals surface area contributed by atoms with Crippen LogP contribution in [0.5, 0.6) is 0 Å². The standard InChI is InChI=1S/C15H20N2O3/c1-3-15(4-2,14(19)20)17-13(18)11-5-6-12-10(9-11)7-8-16-12/h5-6,9,16H,3-4,7-8H2,1-2H3,(H,17,18)(H,19,20). The Morgan fingerprint density at radius 3 is 2.65 bits per heavy atom. The topological polar surface area (TPSA) is 78.4 Å². The second kappa shape index (κ2) is 5.53. The molecule has 1 aromatic rings. The highest BCUT2D eigenvalue weighted by molar-refractivity contribution is 5.98. The van der Waals surface area contributed by atoms with Gasteiger partial charge in [-0.05, 0) is 43.0 Å². The number of carbonyl (C=O) groups is 2. The fourth-order valence-electron chi connectivity index (χ4n) is 2.52. The highest BCUT2D eigenvalue weighted by atomic mass is 16.4. The summed E-state index contributed by atoms with van der Waals surface area (Å²) in [5.74, 6) is -1.32. The predicted molar refractivity (Wildman–Crippen MR) is 77.1 cm³/mol. The van der Waals surface area contributed by atoms with Crippen LogP contribution in [-0.4, -0.2) is 29.1 Å². The van der Waals surface area contributed by atoms with Gasteiger partial charge in [-0.1, -0.05) is 13.8 Å². The van der Waals surface area contributed by atoms with Gasteiger partial charge in [-0.15, -0.1) is 0 Å². The van der Waals surface area contributed by atoms with Gasteiger partial charge in [0.2, 0.25) is 0 Å². The zero-order valence-corrected chi connectivity index (χ0v) is 11.8. The molecule has 1 aromatic carbocycles. The Morgan fingerprint density at radius 2 is 2.05 bits per heavy atom. The maximum Gasteiger partial charge on any atom is 0.329 e. The maximum absolute atomic E-state index is 12.3. The molecule has 1 heterocycles. The molecule has 0 fully saturated rings. The lowest BCUT2D eigenvalue weighted by Gasteiger charge is -2.28. The molecule has 2 rings (SSSR count). The van der Waals surface area contributed by atoms with Crippen molar-refractivity contribution in [2.75, 3.05) is 11.9 Å². The summed E-state index contributed by atoms with van der Waals surface area (Å²) in [6, 6.07) is 5.44. The van der Waals surface area contributed by atoms with E-state index in [0.717, 1.165) is 24.2 Å². The molecule has 1 aliphatic rings. The third-order valence-corrected chi connectivity index (χ3v) is 4.05. The van der Waals surface area contributed by atoms with Gasteiger partial charge in [-0.3, -0.25) is 4.79 Å². The Morgan fingerprint density at radius 1 is 1.35 bits per heavy atom. The molecule has 20 heavy (non-hydrogen) atoms. The van der Waals surface area contributed by atoms with E-state index in [1.165, 1.54) is 0 Å². The van der Waals surface area contributed by atoms with Crippen molar-refractivity contribution in [3.63, 3.8) is 0 Å². The molecular formula is C15H20N2O3. The summed E-state index contributed by atoms with van der Waals surface area (Å²) in [6.45, 7) is 4.42. The molecule has 0 atom stereocenters. The molecule has 108 valence electrons. The quantitative estimate of drug-likeness (QED) is 0.769. The van der Waals surface area contributed by atoms with Crippen molar-refractivity contribution in [2.24, 2.45) is 0 Å². The van der Waals surface area contributed by atoms with Gasteiger partial charge in [0.15, 0.2) is 0 Å². The monoisotopic (exact) mass is 276 g/mol. The minimum atomic E-state index is -1.19. The zero-order chi connectivity index (χ0) is 14.8. The fourth-order valence-corrected chi connectivity index (χ4v) is 2.52. The zero-order valence-electron chi connectivity index (χ0n) is 11.8. The number of carbonyl (C=O) groups excluding carboxylic acids is 1. The first-order valence-electron chi connectivity index (χ1n) is 6.95. The van der Waals surface area contributed by atoms with Gasteiger partial charge in [0, 0.05) is 17.8 Å². The van der Waals surface area contributed by atoms with E-state index in [4.69, 9.17) is 0 Å². The molecule has 5 heteroatoms. The molecule has 0 bridgehead atoms. The van der Waals surface area contributed by atoms with E-state index in [0.29, 0.717) is 18.4 Å². The normalized spacial score (nSPS) is 13.5. The van der Waals surface area contributed by atoms with Crippen LogP contribution in [0, 0.1) is 0 Å². The molecule has 0 spiro atoms. The number of hydrogen-bond acceptors (Lipinski definition) is 3. The number of fused-ring (bicyclic) bond motifs is 1. The molecule has 1 aliphatic heterocycles. The van der Waals surface area contributed by atoms with Gasteiger partial charge in [0.1, 0.15) is 5.54 Å². The predicted octanol–water partition coefficient (Wildman–Crippen LogP) is 2.03. The van der Waals surface area contributed by atoms with Crippen LogP contribution in [0.2, 0.25) is 0 Å². The molecule has 0 radical (unpaired) electrons. The fraction of sp³-hybridized carbons (Fsp3) is 0.467. The van der Waals surface area contributed by atoms with Gasteiger partial charge >= 0.3 is 5.97 Å². The summed E-state index contributed by atoms with van der Waals surface area (Å²) in [5.41, 5.74) is 1.48. The summed E-state index contributed by atoms with van der Waals surface area (Å²) < 4.78 is 0. The van der Waals surface area contributed by atoms with Crippen molar-refractivity contribution < 1.29 is 14.7 Å². The minimum absolute atomic E-state index is 0.328. The average molecular weight is 276 g/mol. The van der Waals surface area contributed by atoms with Crippen LogP contribution >= 0.6 is 0 Å². The average Bonchev–Trinajstić information content (AvgIpc) is 2.91. The van der Waals surface area contributed by atoms with E-state index in [-0.39, 0.29) is 5.91 Å². The van der Waals surface area contributed by atoms with Crippen molar-refractivity contribution in [1.82, 2.24) is 5.32 Å². The molecule has 0 saturated carbocycles. The van der Waals surface area contributed by atoms with E-state index in [1.807, 2.05) is 12.1 Å². The van der Waals surface area contributed by atoms with E-state index in [1.54, 1.807) is 19.9 Å². The van der Waals surface area contributed by atoms with Crippen molar-refractivity contribution in [3.8, 4) is 0 Å². The van der Waals surface area contributed by atoms with Crippen LogP contribution in [-0.2, 0) is 11.2 Å². The number of rotatable bonds is 5. The van der Waals surface area contributed by atoms with Crippen molar-refractivity contribution >= 4 is 17.6 Å². The first kappa shape index (κ1) is 14.4. The van der Waals surface area contributed by atoms with Gasteiger partial charge in [-0.25, -0.2) is 4.79 Å². The number of hydrogen-bond donors (Lipinski definition) is 3. The van der Waals surface area contributed by atoms with Gasteiger partial charge in [0.25, 0.3) is 5.91 Å². The van der Waals surface area contributed by atoms with Crippen LogP contribution < -0.4 is 10.6 Å². The second-order valence-corrected chi connectivity index (χ2v) is 5.10. The minimum Gasteiger partial charge on any atom is -0.480 e. The SMILES string of the molecule is CCC(CC)(NC(=O)c1ccc2c(c1)CCN2)C(=O)O. The Balaban J connectivity index is 2.21. The summed E-state index contributed by atoms with van der Waals surface area (Å²) in [4.78, 5) is 23.7. The van der Waals surface area contributed by atoms with E-state index in [2.05, 4.69) is 10.6 Å². The number of nitrogens with one attached hydrogen (secondary N) is 2. The summed E-state index contributed by atoms with van der Waals surface area (Å²) in [7, 11) is 0. The molecule has 1 amide bonds. The third-order valence-electron chi connectivity index (χ3n) is 4.05. The smallest absolute Gasteiger partial charge is 0.329 e. The van der Waals surface area contributed by atoms with Gasteiger partial charge in [-0.2, -0.15) is 0 Å². The first-order chi connectivity index (χ1) is 9.52. The number of benzene rings is 1. The van der Waals surface area contributed by atoms with Crippen molar-refractivity contribution in [2.45, 2.75) is 38.6 Å². The Bertz CT molecular complexity index is 536. The number of amides is 1. The van der Waals surface area contributed by atoms with Crippen LogP contribution in [0.1, 0.15) is 42.6 Å². The lowest BCUT2D eigenvalue weighted by atomic mass is 9.92. The number of aliphatic carboxylic acids is 1. The van der Waals surface area contributed by atoms with Gasteiger partial charge in [0.05, 0.1) is 0 Å².